The second-order valence-corrected chi connectivity index (χ2v) is 5.77. The summed E-state index contributed by atoms with van der Waals surface area (Å²) in [7, 11) is 0. The van der Waals surface area contributed by atoms with Crippen LogP contribution in [-0.2, 0) is 6.42 Å². The van der Waals surface area contributed by atoms with E-state index >= 15 is 0 Å². The van der Waals surface area contributed by atoms with Gasteiger partial charge in [0.05, 0.1) is 0 Å². The van der Waals surface area contributed by atoms with Crippen LogP contribution in [0.4, 0.5) is 0 Å². The fourth-order valence-corrected chi connectivity index (χ4v) is 2.85. The van der Waals surface area contributed by atoms with Gasteiger partial charge in [-0.2, -0.15) is 0 Å². The molecule has 0 aliphatic heterocycles. The summed E-state index contributed by atoms with van der Waals surface area (Å²) in [6.45, 7) is 0. The minimum atomic E-state index is 0.913. The standard InChI is InChI=1S/C13H10Br2S/c14-12-4-2-1-3-9(12)7-10-5-6-11(16)8-13(10)15/h1-6,8,16H,7H2. The van der Waals surface area contributed by atoms with Gasteiger partial charge in [0.25, 0.3) is 0 Å². The van der Waals surface area contributed by atoms with E-state index in [1.54, 1.807) is 0 Å². The Bertz CT molecular complexity index is 509. The zero-order chi connectivity index (χ0) is 11.5. The van der Waals surface area contributed by atoms with Gasteiger partial charge in [0.1, 0.15) is 0 Å². The lowest BCUT2D eigenvalue weighted by Gasteiger charge is -2.07. The Morgan fingerprint density at radius 3 is 2.25 bits per heavy atom. The number of hydrogen-bond donors (Lipinski definition) is 1. The number of thiol groups is 1. The van der Waals surface area contributed by atoms with Crippen LogP contribution in [0.2, 0.25) is 0 Å². The Kier molecular flexibility index (Phi) is 4.11. The Morgan fingerprint density at radius 1 is 0.875 bits per heavy atom. The molecule has 0 saturated heterocycles. The molecule has 2 rings (SSSR count). The first-order valence-corrected chi connectivity index (χ1v) is 6.91. The Hall–Kier alpha value is -0.250. The second-order valence-electron chi connectivity index (χ2n) is 3.54. The van der Waals surface area contributed by atoms with Gasteiger partial charge < -0.3 is 0 Å². The number of hydrogen-bond acceptors (Lipinski definition) is 1. The molecule has 2 aromatic carbocycles. The van der Waals surface area contributed by atoms with Gasteiger partial charge in [-0.3, -0.25) is 0 Å². The van der Waals surface area contributed by atoms with Crippen molar-refractivity contribution in [1.82, 2.24) is 0 Å². The SMILES string of the molecule is Sc1ccc(Cc2ccccc2Br)c(Br)c1. The van der Waals surface area contributed by atoms with Crippen molar-refractivity contribution in [2.45, 2.75) is 11.3 Å². The third-order valence-electron chi connectivity index (χ3n) is 2.38. The molecule has 0 spiro atoms. The monoisotopic (exact) mass is 356 g/mol. The topological polar surface area (TPSA) is 0 Å². The van der Waals surface area contributed by atoms with Crippen LogP contribution >= 0.6 is 44.5 Å². The first kappa shape index (κ1) is 12.2. The molecule has 0 fully saturated rings. The molecule has 0 N–H and O–H groups in total. The van der Waals surface area contributed by atoms with Crippen molar-refractivity contribution in [2.75, 3.05) is 0 Å². The molecule has 0 saturated carbocycles. The molecule has 16 heavy (non-hydrogen) atoms. The first-order valence-electron chi connectivity index (χ1n) is 4.87. The highest BCUT2D eigenvalue weighted by Crippen LogP contribution is 2.25. The second kappa shape index (κ2) is 5.39. The van der Waals surface area contributed by atoms with Gasteiger partial charge >= 0.3 is 0 Å². The van der Waals surface area contributed by atoms with Crippen LogP contribution in [-0.4, -0.2) is 0 Å². The van der Waals surface area contributed by atoms with Gasteiger partial charge in [0.15, 0.2) is 0 Å². The summed E-state index contributed by atoms with van der Waals surface area (Å²) in [5.74, 6) is 0. The van der Waals surface area contributed by atoms with Crippen LogP contribution in [0.25, 0.3) is 0 Å². The molecule has 0 radical (unpaired) electrons. The summed E-state index contributed by atoms with van der Waals surface area (Å²) < 4.78 is 2.26. The van der Waals surface area contributed by atoms with E-state index in [1.807, 2.05) is 18.2 Å². The van der Waals surface area contributed by atoms with Gasteiger partial charge in [-0.1, -0.05) is 56.1 Å². The zero-order valence-electron chi connectivity index (χ0n) is 8.45. The smallest absolute Gasteiger partial charge is 0.0221 e. The predicted molar refractivity (Wildman–Crippen MR) is 78.3 cm³/mol. The third kappa shape index (κ3) is 2.90. The van der Waals surface area contributed by atoms with Crippen LogP contribution in [0, 0.1) is 0 Å². The van der Waals surface area contributed by atoms with Crippen molar-refractivity contribution in [3.8, 4) is 0 Å². The van der Waals surface area contributed by atoms with Crippen molar-refractivity contribution in [2.24, 2.45) is 0 Å². The van der Waals surface area contributed by atoms with Gasteiger partial charge in [-0.15, -0.1) is 12.6 Å². The molecule has 0 nitrogen and oxygen atoms in total. The lowest BCUT2D eigenvalue weighted by Crippen LogP contribution is -1.90. The molecule has 0 unspecified atom stereocenters. The molecule has 0 heterocycles. The van der Waals surface area contributed by atoms with Crippen LogP contribution < -0.4 is 0 Å². The molecular weight excluding hydrogens is 348 g/mol. The fourth-order valence-electron chi connectivity index (χ4n) is 1.53. The van der Waals surface area contributed by atoms with Crippen LogP contribution in [0.5, 0.6) is 0 Å². The quantitative estimate of drug-likeness (QED) is 0.711. The average molecular weight is 358 g/mol. The van der Waals surface area contributed by atoms with Crippen LogP contribution in [0.15, 0.2) is 56.3 Å². The van der Waals surface area contributed by atoms with E-state index < -0.39 is 0 Å². The van der Waals surface area contributed by atoms with Gasteiger partial charge in [0.2, 0.25) is 0 Å². The van der Waals surface area contributed by atoms with Gasteiger partial charge in [-0.25, -0.2) is 0 Å². The Labute approximate surface area is 118 Å². The Morgan fingerprint density at radius 2 is 1.56 bits per heavy atom. The molecule has 2 aromatic rings. The van der Waals surface area contributed by atoms with E-state index in [9.17, 15) is 0 Å². The maximum absolute atomic E-state index is 4.31. The molecule has 0 aromatic heterocycles. The van der Waals surface area contributed by atoms with Crippen molar-refractivity contribution >= 4 is 44.5 Å². The fraction of sp³-hybridized carbons (Fsp3) is 0.0769. The summed E-state index contributed by atoms with van der Waals surface area (Å²) in [5.41, 5.74) is 2.56. The predicted octanol–water partition coefficient (Wildman–Crippen LogP) is 5.09. The maximum Gasteiger partial charge on any atom is 0.0221 e. The summed E-state index contributed by atoms with van der Waals surface area (Å²) in [5, 5.41) is 0. The van der Waals surface area contributed by atoms with E-state index in [1.165, 1.54) is 11.1 Å². The molecule has 0 atom stereocenters. The highest BCUT2D eigenvalue weighted by atomic mass is 79.9. The first-order chi connectivity index (χ1) is 7.66. The molecule has 0 amide bonds. The van der Waals surface area contributed by atoms with E-state index in [4.69, 9.17) is 0 Å². The molecule has 82 valence electrons. The summed E-state index contributed by atoms with van der Waals surface area (Å²) in [4.78, 5) is 0.975. The molecular formula is C13H10Br2S. The van der Waals surface area contributed by atoms with Crippen molar-refractivity contribution < 1.29 is 0 Å². The van der Waals surface area contributed by atoms with E-state index in [-0.39, 0.29) is 0 Å². The van der Waals surface area contributed by atoms with E-state index in [0.29, 0.717) is 0 Å². The minimum Gasteiger partial charge on any atom is -0.143 e. The Balaban J connectivity index is 2.31. The van der Waals surface area contributed by atoms with Gasteiger partial charge in [0, 0.05) is 13.8 Å². The minimum absolute atomic E-state index is 0.913. The van der Waals surface area contributed by atoms with Crippen molar-refractivity contribution in [1.29, 1.82) is 0 Å². The largest absolute Gasteiger partial charge is 0.143 e. The molecule has 0 aliphatic carbocycles. The average Bonchev–Trinajstić information content (AvgIpc) is 2.25. The molecule has 0 aliphatic rings. The normalized spacial score (nSPS) is 10.4. The third-order valence-corrected chi connectivity index (χ3v) is 4.17. The van der Waals surface area contributed by atoms with E-state index in [2.05, 4.69) is 68.8 Å². The number of benzene rings is 2. The number of rotatable bonds is 2. The maximum atomic E-state index is 4.31. The zero-order valence-corrected chi connectivity index (χ0v) is 12.5. The summed E-state index contributed by atoms with van der Waals surface area (Å²) in [6.07, 6.45) is 0.913. The van der Waals surface area contributed by atoms with Gasteiger partial charge in [-0.05, 0) is 35.7 Å². The van der Waals surface area contributed by atoms with Crippen LogP contribution in [0.3, 0.4) is 0 Å². The summed E-state index contributed by atoms with van der Waals surface area (Å²) >= 11 is 11.4. The van der Waals surface area contributed by atoms with Crippen molar-refractivity contribution in [3.63, 3.8) is 0 Å². The highest BCUT2D eigenvalue weighted by Gasteiger charge is 2.04. The van der Waals surface area contributed by atoms with Crippen LogP contribution in [0.1, 0.15) is 11.1 Å². The van der Waals surface area contributed by atoms with E-state index in [0.717, 1.165) is 20.3 Å². The lowest BCUT2D eigenvalue weighted by atomic mass is 10.1. The lowest BCUT2D eigenvalue weighted by molar-refractivity contribution is 1.15. The van der Waals surface area contributed by atoms with Crippen molar-refractivity contribution in [3.05, 3.63) is 62.5 Å². The number of halogens is 2. The summed E-state index contributed by atoms with van der Waals surface area (Å²) in [6, 6.07) is 14.4. The molecule has 3 heteroatoms. The molecule has 0 bridgehead atoms. The highest BCUT2D eigenvalue weighted by molar-refractivity contribution is 9.10.